The Balaban J connectivity index is 1.61. The number of hydrogen-bond donors (Lipinski definition) is 1. The van der Waals surface area contributed by atoms with Gasteiger partial charge in [-0.25, -0.2) is 14.5 Å². The summed E-state index contributed by atoms with van der Waals surface area (Å²) < 4.78 is 25.5. The lowest BCUT2D eigenvalue weighted by molar-refractivity contribution is -0.123. The fourth-order valence-corrected chi connectivity index (χ4v) is 2.92. The van der Waals surface area contributed by atoms with Crippen molar-refractivity contribution in [1.82, 2.24) is 15.2 Å². The number of ether oxygens (including phenoxy) is 2. The quantitative estimate of drug-likeness (QED) is 0.434. The molecule has 7 nitrogen and oxygen atoms in total. The Morgan fingerprint density at radius 2 is 1.87 bits per heavy atom. The number of carbonyl (C=O) groups is 1. The Morgan fingerprint density at radius 3 is 2.53 bits per heavy atom. The summed E-state index contributed by atoms with van der Waals surface area (Å²) in [6.07, 6.45) is 1.40. The molecule has 1 N–H and O–H groups in total. The SMILES string of the molecule is CCOc1ccccc1OCC(=O)N/N=C/c1c(C)nn(-c2ccc(F)cc2)c1Cl. The molecular weight excluding hydrogens is 411 g/mol. The molecule has 0 aliphatic rings. The van der Waals surface area contributed by atoms with Crippen molar-refractivity contribution in [1.29, 1.82) is 0 Å². The van der Waals surface area contributed by atoms with E-state index in [1.165, 1.54) is 23.0 Å². The summed E-state index contributed by atoms with van der Waals surface area (Å²) >= 11 is 6.37. The predicted molar refractivity (Wildman–Crippen MR) is 112 cm³/mol. The third kappa shape index (κ3) is 5.15. The fraction of sp³-hybridized carbons (Fsp3) is 0.190. The van der Waals surface area contributed by atoms with Gasteiger partial charge in [-0.2, -0.15) is 10.2 Å². The van der Waals surface area contributed by atoms with Crippen LogP contribution in [0.1, 0.15) is 18.2 Å². The standard InChI is InChI=1S/C21H20ClFN4O3/c1-3-29-18-6-4-5-7-19(18)30-13-20(28)25-24-12-17-14(2)26-27(21(17)22)16-10-8-15(23)9-11-16/h4-12H,3,13H2,1-2H3,(H,25,28)/b24-12+. The lowest BCUT2D eigenvalue weighted by Crippen LogP contribution is -2.24. The molecule has 0 aliphatic heterocycles. The van der Waals surface area contributed by atoms with Crippen LogP contribution in [0.3, 0.4) is 0 Å². The summed E-state index contributed by atoms with van der Waals surface area (Å²) in [7, 11) is 0. The summed E-state index contributed by atoms with van der Waals surface area (Å²) in [5, 5.41) is 8.54. The Hall–Kier alpha value is -3.39. The highest BCUT2D eigenvalue weighted by Gasteiger charge is 2.13. The first-order chi connectivity index (χ1) is 14.5. The van der Waals surface area contributed by atoms with Gasteiger partial charge in [0.25, 0.3) is 5.91 Å². The molecule has 0 unspecified atom stereocenters. The summed E-state index contributed by atoms with van der Waals surface area (Å²) in [4.78, 5) is 12.0. The Labute approximate surface area is 178 Å². The van der Waals surface area contributed by atoms with E-state index in [0.29, 0.717) is 40.2 Å². The van der Waals surface area contributed by atoms with Gasteiger partial charge in [-0.1, -0.05) is 23.7 Å². The molecule has 0 spiro atoms. The van der Waals surface area contributed by atoms with Gasteiger partial charge in [-0.05, 0) is 50.2 Å². The molecule has 1 heterocycles. The topological polar surface area (TPSA) is 77.7 Å². The maximum absolute atomic E-state index is 13.1. The largest absolute Gasteiger partial charge is 0.490 e. The Morgan fingerprint density at radius 1 is 1.20 bits per heavy atom. The van der Waals surface area contributed by atoms with Crippen LogP contribution in [0.15, 0.2) is 53.6 Å². The van der Waals surface area contributed by atoms with E-state index in [1.807, 2.05) is 13.0 Å². The van der Waals surface area contributed by atoms with Crippen molar-refractivity contribution in [2.45, 2.75) is 13.8 Å². The van der Waals surface area contributed by atoms with E-state index in [0.717, 1.165) is 0 Å². The smallest absolute Gasteiger partial charge is 0.277 e. The molecule has 3 aromatic rings. The second-order valence-corrected chi connectivity index (χ2v) is 6.50. The van der Waals surface area contributed by atoms with Gasteiger partial charge in [0, 0.05) is 0 Å². The average Bonchev–Trinajstić information content (AvgIpc) is 3.02. The lowest BCUT2D eigenvalue weighted by atomic mass is 10.3. The maximum atomic E-state index is 13.1. The molecule has 3 rings (SSSR count). The number of aromatic nitrogens is 2. The summed E-state index contributed by atoms with van der Waals surface area (Å²) in [6, 6.07) is 12.9. The minimum Gasteiger partial charge on any atom is -0.490 e. The fourth-order valence-electron chi connectivity index (χ4n) is 2.60. The average molecular weight is 431 g/mol. The molecule has 0 saturated carbocycles. The summed E-state index contributed by atoms with van der Waals surface area (Å²) in [6.45, 7) is 3.87. The van der Waals surface area contributed by atoms with E-state index in [9.17, 15) is 9.18 Å². The molecular formula is C21H20ClFN4O3. The van der Waals surface area contributed by atoms with Crippen LogP contribution in [0.25, 0.3) is 5.69 Å². The zero-order valence-corrected chi connectivity index (χ0v) is 17.2. The Kier molecular flexibility index (Phi) is 7.03. The monoisotopic (exact) mass is 430 g/mol. The zero-order chi connectivity index (χ0) is 21.5. The van der Waals surface area contributed by atoms with Crippen LogP contribution in [-0.4, -0.2) is 35.1 Å². The first-order valence-electron chi connectivity index (χ1n) is 9.17. The second kappa shape index (κ2) is 9.89. The normalized spacial score (nSPS) is 10.9. The van der Waals surface area contributed by atoms with E-state index < -0.39 is 5.91 Å². The van der Waals surface area contributed by atoms with Crippen molar-refractivity contribution in [2.24, 2.45) is 5.10 Å². The number of aryl methyl sites for hydroxylation is 1. The molecule has 30 heavy (non-hydrogen) atoms. The number of nitrogens with one attached hydrogen (secondary N) is 1. The molecule has 0 aliphatic carbocycles. The first-order valence-corrected chi connectivity index (χ1v) is 9.55. The molecule has 1 amide bonds. The molecule has 0 radical (unpaired) electrons. The van der Waals surface area contributed by atoms with E-state index in [1.54, 1.807) is 37.3 Å². The summed E-state index contributed by atoms with van der Waals surface area (Å²) in [5.41, 5.74) is 4.12. The van der Waals surface area contributed by atoms with Crippen molar-refractivity contribution in [3.8, 4) is 17.2 Å². The van der Waals surface area contributed by atoms with Crippen molar-refractivity contribution in [3.63, 3.8) is 0 Å². The number of benzene rings is 2. The molecule has 0 saturated heterocycles. The van der Waals surface area contributed by atoms with Gasteiger partial charge in [0.15, 0.2) is 18.1 Å². The van der Waals surface area contributed by atoms with Crippen molar-refractivity contribution < 1.29 is 18.7 Å². The van der Waals surface area contributed by atoms with E-state index in [-0.39, 0.29) is 12.4 Å². The molecule has 0 fully saturated rings. The maximum Gasteiger partial charge on any atom is 0.277 e. The van der Waals surface area contributed by atoms with E-state index >= 15 is 0 Å². The molecule has 156 valence electrons. The number of para-hydroxylation sites is 2. The third-order valence-electron chi connectivity index (χ3n) is 4.01. The lowest BCUT2D eigenvalue weighted by Gasteiger charge is -2.10. The number of halogens is 2. The highest BCUT2D eigenvalue weighted by molar-refractivity contribution is 6.32. The van der Waals surface area contributed by atoms with Crippen LogP contribution in [-0.2, 0) is 4.79 Å². The highest BCUT2D eigenvalue weighted by Crippen LogP contribution is 2.26. The number of carbonyl (C=O) groups excluding carboxylic acids is 1. The van der Waals surface area contributed by atoms with Gasteiger partial charge < -0.3 is 9.47 Å². The zero-order valence-electron chi connectivity index (χ0n) is 16.4. The van der Waals surface area contributed by atoms with Gasteiger partial charge in [0.2, 0.25) is 0 Å². The van der Waals surface area contributed by atoms with E-state index in [2.05, 4.69) is 15.6 Å². The van der Waals surface area contributed by atoms with Crippen LogP contribution in [0, 0.1) is 12.7 Å². The van der Waals surface area contributed by atoms with Gasteiger partial charge in [0.1, 0.15) is 11.0 Å². The van der Waals surface area contributed by atoms with Gasteiger partial charge in [0.05, 0.1) is 29.8 Å². The number of hydrazone groups is 1. The highest BCUT2D eigenvalue weighted by atomic mass is 35.5. The molecule has 2 aromatic carbocycles. The van der Waals surface area contributed by atoms with Gasteiger partial charge in [-0.15, -0.1) is 0 Å². The number of nitrogens with zero attached hydrogens (tertiary/aromatic N) is 3. The van der Waals surface area contributed by atoms with E-state index in [4.69, 9.17) is 21.1 Å². The third-order valence-corrected chi connectivity index (χ3v) is 4.37. The molecule has 0 atom stereocenters. The molecule has 1 aromatic heterocycles. The van der Waals surface area contributed by atoms with Crippen LogP contribution in [0.2, 0.25) is 5.15 Å². The number of rotatable bonds is 8. The van der Waals surface area contributed by atoms with Gasteiger partial charge >= 0.3 is 0 Å². The van der Waals surface area contributed by atoms with Crippen LogP contribution >= 0.6 is 11.6 Å². The van der Waals surface area contributed by atoms with Crippen molar-refractivity contribution >= 4 is 23.7 Å². The summed E-state index contributed by atoms with van der Waals surface area (Å²) in [5.74, 6) is 0.233. The second-order valence-electron chi connectivity index (χ2n) is 6.14. The van der Waals surface area contributed by atoms with Crippen LogP contribution in [0.5, 0.6) is 11.5 Å². The minimum absolute atomic E-state index is 0.233. The molecule has 0 bridgehead atoms. The Bertz CT molecular complexity index is 1050. The number of amides is 1. The minimum atomic E-state index is -0.447. The molecule has 9 heteroatoms. The van der Waals surface area contributed by atoms with Crippen LogP contribution < -0.4 is 14.9 Å². The number of hydrogen-bond acceptors (Lipinski definition) is 5. The van der Waals surface area contributed by atoms with Crippen LogP contribution in [0.4, 0.5) is 4.39 Å². The van der Waals surface area contributed by atoms with Gasteiger partial charge in [-0.3, -0.25) is 4.79 Å². The van der Waals surface area contributed by atoms with Crippen molar-refractivity contribution in [3.05, 3.63) is 70.8 Å². The predicted octanol–water partition coefficient (Wildman–Crippen LogP) is 3.90. The van der Waals surface area contributed by atoms with Crippen molar-refractivity contribution in [2.75, 3.05) is 13.2 Å². The first kappa shape index (κ1) is 21.3.